The number of aryl methyl sites for hydroxylation is 1. The van der Waals surface area contributed by atoms with Crippen LogP contribution < -0.4 is 22.9 Å². The second kappa shape index (κ2) is 4.49. The highest BCUT2D eigenvalue weighted by Gasteiger charge is 2.21. The first-order chi connectivity index (χ1) is 10.4. The number of anilines is 4. The molecule has 0 radical (unpaired) electrons. The molecule has 0 saturated carbocycles. The number of rotatable bonds is 1. The largest absolute Gasteiger partial charge is 0.506 e. The molecule has 3 aromatic carbocycles. The van der Waals surface area contributed by atoms with E-state index in [9.17, 15) is 10.2 Å². The minimum Gasteiger partial charge on any atom is -0.506 e. The van der Waals surface area contributed by atoms with Crippen LogP contribution >= 0.6 is 0 Å². The van der Waals surface area contributed by atoms with Crippen molar-refractivity contribution in [2.24, 2.45) is 0 Å². The highest BCUT2D eigenvalue weighted by Crippen LogP contribution is 2.50. The molecular formula is C16H18N4O2. The number of hydrogen-bond donors (Lipinski definition) is 6. The lowest BCUT2D eigenvalue weighted by atomic mass is 9.93. The first kappa shape index (κ1) is 13.9. The first-order valence-corrected chi connectivity index (χ1v) is 6.90. The molecular weight excluding hydrogens is 280 g/mol. The van der Waals surface area contributed by atoms with Gasteiger partial charge in [0, 0.05) is 22.7 Å². The van der Waals surface area contributed by atoms with Crippen LogP contribution in [0.1, 0.15) is 12.5 Å². The molecule has 0 spiro atoms. The fraction of sp³-hybridized carbons (Fsp3) is 0.125. The average molecular weight is 298 g/mol. The summed E-state index contributed by atoms with van der Waals surface area (Å²) in [5, 5.41) is 22.5. The smallest absolute Gasteiger partial charge is 0.135 e. The lowest BCUT2D eigenvalue weighted by Crippen LogP contribution is -2.01. The summed E-state index contributed by atoms with van der Waals surface area (Å²) in [5.74, 6) is -0.244. The number of nitrogen functional groups attached to an aromatic ring is 4. The van der Waals surface area contributed by atoms with Gasteiger partial charge in [-0.3, -0.25) is 0 Å². The zero-order valence-corrected chi connectivity index (χ0v) is 12.1. The Bertz CT molecular complexity index is 935. The van der Waals surface area contributed by atoms with Crippen molar-refractivity contribution in [2.45, 2.75) is 13.3 Å². The van der Waals surface area contributed by atoms with Gasteiger partial charge in [-0.25, -0.2) is 0 Å². The van der Waals surface area contributed by atoms with Crippen LogP contribution in [0.15, 0.2) is 18.2 Å². The number of phenols is 2. The average Bonchev–Trinajstić information content (AvgIpc) is 2.48. The van der Waals surface area contributed by atoms with Crippen molar-refractivity contribution in [3.05, 3.63) is 23.8 Å². The molecule has 0 aliphatic carbocycles. The Morgan fingerprint density at radius 3 is 1.73 bits per heavy atom. The number of aromatic hydroxyl groups is 2. The topological polar surface area (TPSA) is 145 Å². The van der Waals surface area contributed by atoms with E-state index in [0.717, 1.165) is 5.56 Å². The Morgan fingerprint density at radius 2 is 1.23 bits per heavy atom. The molecule has 114 valence electrons. The van der Waals surface area contributed by atoms with E-state index in [1.54, 1.807) is 18.2 Å². The van der Waals surface area contributed by atoms with E-state index >= 15 is 0 Å². The molecule has 6 heteroatoms. The molecule has 22 heavy (non-hydrogen) atoms. The van der Waals surface area contributed by atoms with E-state index < -0.39 is 0 Å². The Morgan fingerprint density at radius 1 is 0.773 bits per heavy atom. The molecule has 0 bridgehead atoms. The second-order valence-corrected chi connectivity index (χ2v) is 5.33. The molecule has 3 rings (SSSR count). The van der Waals surface area contributed by atoms with Crippen molar-refractivity contribution in [3.8, 4) is 11.5 Å². The third-order valence-electron chi connectivity index (χ3n) is 4.08. The van der Waals surface area contributed by atoms with Gasteiger partial charge in [0.15, 0.2) is 0 Å². The Hall–Kier alpha value is -3.02. The van der Waals surface area contributed by atoms with Gasteiger partial charge in [0.1, 0.15) is 11.5 Å². The van der Waals surface area contributed by atoms with Gasteiger partial charge in [-0.05, 0) is 30.2 Å². The van der Waals surface area contributed by atoms with E-state index in [4.69, 9.17) is 22.9 Å². The van der Waals surface area contributed by atoms with Crippen LogP contribution in [0.2, 0.25) is 0 Å². The zero-order chi connectivity index (χ0) is 16.2. The maximum Gasteiger partial charge on any atom is 0.135 e. The van der Waals surface area contributed by atoms with Crippen molar-refractivity contribution in [3.63, 3.8) is 0 Å². The van der Waals surface area contributed by atoms with E-state index in [1.807, 2.05) is 6.92 Å². The van der Waals surface area contributed by atoms with Crippen molar-refractivity contribution < 1.29 is 10.2 Å². The molecule has 0 heterocycles. The lowest BCUT2D eigenvalue weighted by molar-refractivity contribution is 0.479. The predicted octanol–water partition coefficient (Wildman–Crippen LogP) is 2.30. The van der Waals surface area contributed by atoms with Gasteiger partial charge < -0.3 is 33.1 Å². The van der Waals surface area contributed by atoms with Crippen LogP contribution in [-0.2, 0) is 6.42 Å². The SMILES string of the molecule is CCc1cc(N)c2c(O)c3c(N)ccc(N)c3c(O)c2c1N. The summed E-state index contributed by atoms with van der Waals surface area (Å²) in [6.07, 6.45) is 0.649. The molecule has 10 N–H and O–H groups in total. The third kappa shape index (κ3) is 1.60. The molecule has 0 amide bonds. The van der Waals surface area contributed by atoms with Crippen LogP contribution in [0.25, 0.3) is 21.5 Å². The normalized spacial score (nSPS) is 11.3. The van der Waals surface area contributed by atoms with Crippen LogP contribution in [0, 0.1) is 0 Å². The minimum absolute atomic E-state index is 0.118. The summed E-state index contributed by atoms with van der Waals surface area (Å²) >= 11 is 0. The summed E-state index contributed by atoms with van der Waals surface area (Å²) in [4.78, 5) is 0. The van der Waals surface area contributed by atoms with Gasteiger partial charge in [-0.15, -0.1) is 0 Å². The summed E-state index contributed by atoms with van der Waals surface area (Å²) < 4.78 is 0. The van der Waals surface area contributed by atoms with Crippen molar-refractivity contribution in [2.75, 3.05) is 22.9 Å². The van der Waals surface area contributed by atoms with Gasteiger partial charge in [-0.2, -0.15) is 0 Å². The van der Waals surface area contributed by atoms with Gasteiger partial charge in [0.2, 0.25) is 0 Å². The monoisotopic (exact) mass is 298 g/mol. The second-order valence-electron chi connectivity index (χ2n) is 5.33. The van der Waals surface area contributed by atoms with E-state index in [0.29, 0.717) is 34.6 Å². The molecule has 6 nitrogen and oxygen atoms in total. The molecule has 0 fully saturated rings. The lowest BCUT2D eigenvalue weighted by Gasteiger charge is -2.17. The van der Waals surface area contributed by atoms with Crippen LogP contribution in [-0.4, -0.2) is 10.2 Å². The molecule has 0 aliphatic rings. The summed E-state index contributed by atoms with van der Waals surface area (Å²) in [5.41, 5.74) is 26.2. The van der Waals surface area contributed by atoms with Gasteiger partial charge in [0.05, 0.1) is 21.5 Å². The number of fused-ring (bicyclic) bond motifs is 2. The number of hydrogen-bond acceptors (Lipinski definition) is 6. The molecule has 3 aromatic rings. The molecule has 0 saturated heterocycles. The number of benzene rings is 3. The van der Waals surface area contributed by atoms with Crippen LogP contribution in [0.3, 0.4) is 0 Å². The highest BCUT2D eigenvalue weighted by molar-refractivity contribution is 6.23. The van der Waals surface area contributed by atoms with E-state index in [2.05, 4.69) is 0 Å². The highest BCUT2D eigenvalue weighted by atomic mass is 16.3. The predicted molar refractivity (Wildman–Crippen MR) is 91.8 cm³/mol. The number of nitrogens with two attached hydrogens (primary N) is 4. The Labute approximate surface area is 126 Å². The van der Waals surface area contributed by atoms with Crippen molar-refractivity contribution in [1.29, 1.82) is 0 Å². The van der Waals surface area contributed by atoms with Gasteiger partial charge >= 0.3 is 0 Å². The van der Waals surface area contributed by atoms with Crippen molar-refractivity contribution in [1.82, 2.24) is 0 Å². The number of phenolic OH excluding ortho intramolecular Hbond substituents is 2. The maximum absolute atomic E-state index is 10.7. The molecule has 0 aromatic heterocycles. The van der Waals surface area contributed by atoms with Gasteiger partial charge in [0.25, 0.3) is 0 Å². The first-order valence-electron chi connectivity index (χ1n) is 6.90. The summed E-state index contributed by atoms with van der Waals surface area (Å²) in [7, 11) is 0. The molecule has 0 unspecified atom stereocenters. The van der Waals surface area contributed by atoms with E-state index in [1.165, 1.54) is 0 Å². The Balaban J connectivity index is 2.72. The Kier molecular flexibility index (Phi) is 2.84. The van der Waals surface area contributed by atoms with Crippen LogP contribution in [0.4, 0.5) is 22.7 Å². The third-order valence-corrected chi connectivity index (χ3v) is 4.08. The van der Waals surface area contributed by atoms with Gasteiger partial charge in [-0.1, -0.05) is 6.92 Å². The van der Waals surface area contributed by atoms with E-state index in [-0.39, 0.29) is 27.7 Å². The minimum atomic E-state index is -0.126. The van der Waals surface area contributed by atoms with Crippen molar-refractivity contribution >= 4 is 44.3 Å². The summed E-state index contributed by atoms with van der Waals surface area (Å²) in [6, 6.07) is 4.85. The molecule has 0 atom stereocenters. The quantitative estimate of drug-likeness (QED) is 0.231. The fourth-order valence-corrected chi connectivity index (χ4v) is 2.97. The zero-order valence-electron chi connectivity index (χ0n) is 12.1. The van der Waals surface area contributed by atoms with Crippen LogP contribution in [0.5, 0.6) is 11.5 Å². The molecule has 0 aliphatic heterocycles. The summed E-state index contributed by atoms with van der Waals surface area (Å²) in [6.45, 7) is 1.93. The maximum atomic E-state index is 10.7. The fourth-order valence-electron chi connectivity index (χ4n) is 2.97. The standard InChI is InChI=1S/C16H18N4O2/c1-2-6-5-9(19)12-13(14(6)20)16(22)11-8(18)4-3-7(17)10(11)15(12)21/h3-5,21-22H,2,17-20H2,1H3.